The maximum atomic E-state index is 11.8. The van der Waals surface area contributed by atoms with Crippen LogP contribution in [0.5, 0.6) is 0 Å². The second-order valence-corrected chi connectivity index (χ2v) is 4.60. The molecule has 2 N–H and O–H groups in total. The fourth-order valence-corrected chi connectivity index (χ4v) is 2.24. The minimum Gasteiger partial charge on any atom is -0.477 e. The van der Waals surface area contributed by atoms with Crippen molar-refractivity contribution in [2.45, 2.75) is 6.42 Å². The van der Waals surface area contributed by atoms with E-state index in [9.17, 15) is 9.59 Å². The number of rotatable bonds is 4. The van der Waals surface area contributed by atoms with Crippen molar-refractivity contribution >= 4 is 28.9 Å². The molecule has 1 aromatic heterocycles. The Morgan fingerprint density at radius 1 is 1.17 bits per heavy atom. The SMILES string of the molecule is O=C(Cc1ccccc1)Nc1ccsc1C(=O)O. The van der Waals surface area contributed by atoms with E-state index in [2.05, 4.69) is 5.32 Å². The molecule has 2 rings (SSSR count). The molecule has 2 aromatic rings. The van der Waals surface area contributed by atoms with Gasteiger partial charge in [-0.25, -0.2) is 4.79 Å². The third-order valence-corrected chi connectivity index (χ3v) is 3.24. The van der Waals surface area contributed by atoms with Crippen molar-refractivity contribution in [3.05, 3.63) is 52.2 Å². The largest absolute Gasteiger partial charge is 0.477 e. The molecule has 0 aliphatic rings. The van der Waals surface area contributed by atoms with Gasteiger partial charge in [0.25, 0.3) is 0 Å². The highest BCUT2D eigenvalue weighted by molar-refractivity contribution is 7.12. The first kappa shape index (κ1) is 12.3. The normalized spacial score (nSPS) is 10.0. The highest BCUT2D eigenvalue weighted by Gasteiger charge is 2.13. The predicted octanol–water partition coefficient (Wildman–Crippen LogP) is 2.63. The third-order valence-electron chi connectivity index (χ3n) is 2.34. The van der Waals surface area contributed by atoms with Crippen LogP contribution in [-0.4, -0.2) is 17.0 Å². The molecule has 0 atom stereocenters. The molecular formula is C13H11NO3S. The number of anilines is 1. The van der Waals surface area contributed by atoms with Crippen molar-refractivity contribution in [2.75, 3.05) is 5.32 Å². The zero-order chi connectivity index (χ0) is 13.0. The average Bonchev–Trinajstić information content (AvgIpc) is 2.78. The van der Waals surface area contributed by atoms with Crippen LogP contribution >= 0.6 is 11.3 Å². The van der Waals surface area contributed by atoms with Gasteiger partial charge in [0.1, 0.15) is 4.88 Å². The molecule has 5 heteroatoms. The second kappa shape index (κ2) is 5.46. The van der Waals surface area contributed by atoms with Crippen molar-refractivity contribution in [3.8, 4) is 0 Å². The molecule has 0 saturated heterocycles. The Morgan fingerprint density at radius 2 is 1.89 bits per heavy atom. The number of carbonyl (C=O) groups is 2. The van der Waals surface area contributed by atoms with Gasteiger partial charge in [-0.15, -0.1) is 11.3 Å². The summed E-state index contributed by atoms with van der Waals surface area (Å²) in [6.45, 7) is 0. The molecule has 0 aliphatic carbocycles. The zero-order valence-electron chi connectivity index (χ0n) is 9.42. The first-order valence-corrected chi connectivity index (χ1v) is 6.19. The Labute approximate surface area is 108 Å². The maximum Gasteiger partial charge on any atom is 0.348 e. The molecule has 1 heterocycles. The minimum atomic E-state index is -1.03. The van der Waals surface area contributed by atoms with E-state index in [1.165, 1.54) is 0 Å². The number of hydrogen-bond donors (Lipinski definition) is 2. The summed E-state index contributed by atoms with van der Waals surface area (Å²) in [4.78, 5) is 22.8. The summed E-state index contributed by atoms with van der Waals surface area (Å²) in [5.41, 5.74) is 1.25. The van der Waals surface area contributed by atoms with Crippen LogP contribution in [0.4, 0.5) is 5.69 Å². The highest BCUT2D eigenvalue weighted by Crippen LogP contribution is 2.22. The van der Waals surface area contributed by atoms with Crippen molar-refractivity contribution < 1.29 is 14.7 Å². The van der Waals surface area contributed by atoms with E-state index in [1.807, 2.05) is 30.3 Å². The number of amides is 1. The lowest BCUT2D eigenvalue weighted by atomic mass is 10.1. The van der Waals surface area contributed by atoms with E-state index in [4.69, 9.17) is 5.11 Å². The van der Waals surface area contributed by atoms with E-state index in [0.29, 0.717) is 5.69 Å². The van der Waals surface area contributed by atoms with E-state index < -0.39 is 5.97 Å². The number of aromatic carboxylic acids is 1. The Balaban J connectivity index is 2.04. The number of carbonyl (C=O) groups excluding carboxylic acids is 1. The number of benzene rings is 1. The first-order valence-electron chi connectivity index (χ1n) is 5.31. The lowest BCUT2D eigenvalue weighted by molar-refractivity contribution is -0.115. The van der Waals surface area contributed by atoms with Gasteiger partial charge in [-0.2, -0.15) is 0 Å². The highest BCUT2D eigenvalue weighted by atomic mass is 32.1. The fraction of sp³-hybridized carbons (Fsp3) is 0.0769. The second-order valence-electron chi connectivity index (χ2n) is 3.68. The quantitative estimate of drug-likeness (QED) is 0.889. The molecule has 92 valence electrons. The van der Waals surface area contributed by atoms with Gasteiger partial charge in [-0.1, -0.05) is 30.3 Å². The van der Waals surface area contributed by atoms with Crippen LogP contribution in [0, 0.1) is 0 Å². The van der Waals surface area contributed by atoms with Gasteiger partial charge in [0.05, 0.1) is 12.1 Å². The molecule has 0 bridgehead atoms. The summed E-state index contributed by atoms with van der Waals surface area (Å²) in [6.07, 6.45) is 0.232. The number of hydrogen-bond acceptors (Lipinski definition) is 3. The van der Waals surface area contributed by atoms with Crippen molar-refractivity contribution in [1.82, 2.24) is 0 Å². The molecular weight excluding hydrogens is 250 g/mol. The smallest absolute Gasteiger partial charge is 0.348 e. The van der Waals surface area contributed by atoms with Gasteiger partial charge in [-0.05, 0) is 17.0 Å². The summed E-state index contributed by atoms with van der Waals surface area (Å²) in [5.74, 6) is -1.25. The van der Waals surface area contributed by atoms with Crippen LogP contribution in [0.15, 0.2) is 41.8 Å². The summed E-state index contributed by atoms with van der Waals surface area (Å²) >= 11 is 1.09. The number of nitrogens with one attached hydrogen (secondary N) is 1. The Kier molecular flexibility index (Phi) is 3.74. The summed E-state index contributed by atoms with van der Waals surface area (Å²) < 4.78 is 0. The zero-order valence-corrected chi connectivity index (χ0v) is 10.2. The van der Waals surface area contributed by atoms with Gasteiger partial charge >= 0.3 is 5.97 Å². The standard InChI is InChI=1S/C13H11NO3S/c15-11(8-9-4-2-1-3-5-9)14-10-6-7-18-12(10)13(16)17/h1-7H,8H2,(H,14,15)(H,16,17). The predicted molar refractivity (Wildman–Crippen MR) is 70.1 cm³/mol. The Hall–Kier alpha value is -2.14. The van der Waals surface area contributed by atoms with Gasteiger partial charge < -0.3 is 10.4 Å². The monoisotopic (exact) mass is 261 g/mol. The molecule has 0 saturated carbocycles. The van der Waals surface area contributed by atoms with Gasteiger partial charge in [-0.3, -0.25) is 4.79 Å². The lowest BCUT2D eigenvalue weighted by Crippen LogP contribution is -2.15. The average molecular weight is 261 g/mol. The van der Waals surface area contributed by atoms with Crippen molar-refractivity contribution in [2.24, 2.45) is 0 Å². The molecule has 4 nitrogen and oxygen atoms in total. The number of carboxylic acid groups (broad SMARTS) is 1. The van der Waals surface area contributed by atoms with Crippen molar-refractivity contribution in [3.63, 3.8) is 0 Å². The fourth-order valence-electron chi connectivity index (χ4n) is 1.55. The third kappa shape index (κ3) is 2.95. The lowest BCUT2D eigenvalue weighted by Gasteiger charge is -2.04. The first-order chi connectivity index (χ1) is 8.66. The van der Waals surface area contributed by atoms with E-state index in [-0.39, 0.29) is 17.2 Å². The molecule has 0 fully saturated rings. The minimum absolute atomic E-state index is 0.149. The van der Waals surface area contributed by atoms with Crippen LogP contribution in [0.25, 0.3) is 0 Å². The molecule has 0 spiro atoms. The van der Waals surface area contributed by atoms with Crippen LogP contribution in [0.1, 0.15) is 15.2 Å². The summed E-state index contributed by atoms with van der Waals surface area (Å²) in [5, 5.41) is 13.2. The van der Waals surface area contributed by atoms with Gasteiger partial charge in [0.15, 0.2) is 0 Å². The molecule has 1 aromatic carbocycles. The van der Waals surface area contributed by atoms with Gasteiger partial charge in [0, 0.05) is 0 Å². The Morgan fingerprint density at radius 3 is 2.56 bits per heavy atom. The molecule has 0 aliphatic heterocycles. The van der Waals surface area contributed by atoms with E-state index in [1.54, 1.807) is 11.4 Å². The van der Waals surface area contributed by atoms with Crippen LogP contribution in [0.2, 0.25) is 0 Å². The molecule has 0 radical (unpaired) electrons. The van der Waals surface area contributed by atoms with Gasteiger partial charge in [0.2, 0.25) is 5.91 Å². The topological polar surface area (TPSA) is 66.4 Å². The maximum absolute atomic E-state index is 11.8. The van der Waals surface area contributed by atoms with Crippen LogP contribution < -0.4 is 5.32 Å². The van der Waals surface area contributed by atoms with Crippen molar-refractivity contribution in [1.29, 1.82) is 0 Å². The molecule has 0 unspecified atom stereocenters. The number of carboxylic acids is 1. The van der Waals surface area contributed by atoms with E-state index in [0.717, 1.165) is 16.9 Å². The summed E-state index contributed by atoms with van der Waals surface area (Å²) in [6, 6.07) is 10.9. The Bertz CT molecular complexity index is 563. The van der Waals surface area contributed by atoms with Crippen LogP contribution in [0.3, 0.4) is 0 Å². The van der Waals surface area contributed by atoms with Crippen LogP contribution in [-0.2, 0) is 11.2 Å². The summed E-state index contributed by atoms with van der Waals surface area (Å²) in [7, 11) is 0. The van der Waals surface area contributed by atoms with E-state index >= 15 is 0 Å². The molecule has 18 heavy (non-hydrogen) atoms. The molecule has 1 amide bonds. The number of thiophene rings is 1.